The van der Waals surface area contributed by atoms with Gasteiger partial charge in [0, 0.05) is 12.1 Å². The maximum atomic E-state index is 10.5. The lowest BCUT2D eigenvalue weighted by Crippen LogP contribution is -2.36. The minimum absolute atomic E-state index is 0.459. The van der Waals surface area contributed by atoms with E-state index in [4.69, 9.17) is 11.6 Å². The highest BCUT2D eigenvalue weighted by atomic mass is 35.5. The largest absolute Gasteiger partial charge is 0.388 e. The van der Waals surface area contributed by atoms with Crippen molar-refractivity contribution in [1.29, 1.82) is 0 Å². The van der Waals surface area contributed by atoms with Crippen molar-refractivity contribution in [3.63, 3.8) is 0 Å². The molecule has 0 radical (unpaired) electrons. The Balaban J connectivity index is 1.99. The molecule has 1 heterocycles. The number of nitrogens with zero attached hydrogens (tertiary/aromatic N) is 2. The van der Waals surface area contributed by atoms with Crippen LogP contribution in [0, 0.1) is 6.92 Å². The predicted octanol–water partition coefficient (Wildman–Crippen LogP) is 2.94. The van der Waals surface area contributed by atoms with Crippen molar-refractivity contribution >= 4 is 17.4 Å². The fraction of sp³-hybridized carbons (Fsp3) is 0.692. The minimum Gasteiger partial charge on any atom is -0.388 e. The summed E-state index contributed by atoms with van der Waals surface area (Å²) < 4.78 is 0. The van der Waals surface area contributed by atoms with Crippen molar-refractivity contribution in [2.75, 3.05) is 11.9 Å². The van der Waals surface area contributed by atoms with Crippen molar-refractivity contribution in [1.82, 2.24) is 9.97 Å². The molecule has 0 aliphatic heterocycles. The number of hydrogen-bond donors (Lipinski definition) is 2. The topological polar surface area (TPSA) is 58.0 Å². The van der Waals surface area contributed by atoms with Gasteiger partial charge in [-0.25, -0.2) is 9.97 Å². The highest BCUT2D eigenvalue weighted by Crippen LogP contribution is 2.28. The number of aromatic nitrogens is 2. The second-order valence-corrected chi connectivity index (χ2v) is 5.49. The maximum absolute atomic E-state index is 10.5. The lowest BCUT2D eigenvalue weighted by molar-refractivity contribution is 0.0380. The normalized spacial score (nSPS) is 19.3. The van der Waals surface area contributed by atoms with Gasteiger partial charge in [-0.2, -0.15) is 0 Å². The van der Waals surface area contributed by atoms with Gasteiger partial charge >= 0.3 is 0 Å². The average Bonchev–Trinajstić information content (AvgIpc) is 2.57. The summed E-state index contributed by atoms with van der Waals surface area (Å²) in [7, 11) is 0. The van der Waals surface area contributed by atoms with Gasteiger partial charge in [-0.3, -0.25) is 0 Å². The van der Waals surface area contributed by atoms with Crippen LogP contribution in [0.15, 0.2) is 6.33 Å². The van der Waals surface area contributed by atoms with Crippen molar-refractivity contribution in [3.05, 3.63) is 17.0 Å². The van der Waals surface area contributed by atoms with Gasteiger partial charge in [0.15, 0.2) is 0 Å². The van der Waals surface area contributed by atoms with E-state index in [0.717, 1.165) is 31.2 Å². The van der Waals surface area contributed by atoms with E-state index in [0.29, 0.717) is 17.5 Å². The van der Waals surface area contributed by atoms with Crippen LogP contribution in [0.25, 0.3) is 0 Å². The molecule has 1 aromatic heterocycles. The van der Waals surface area contributed by atoms with Gasteiger partial charge in [0.25, 0.3) is 0 Å². The molecular formula is C13H20ClN3O. The smallest absolute Gasteiger partial charge is 0.137 e. The SMILES string of the molecule is Cc1c(Cl)ncnc1NCC1(O)CCCCCC1. The molecule has 0 aromatic carbocycles. The Kier molecular flexibility index (Phi) is 4.40. The number of rotatable bonds is 3. The van der Waals surface area contributed by atoms with Crippen LogP contribution >= 0.6 is 11.6 Å². The summed E-state index contributed by atoms with van der Waals surface area (Å²) in [6.07, 6.45) is 7.80. The molecule has 1 aliphatic rings. The molecule has 1 fully saturated rings. The molecule has 0 bridgehead atoms. The lowest BCUT2D eigenvalue weighted by atomic mass is 9.94. The zero-order valence-corrected chi connectivity index (χ0v) is 11.5. The van der Waals surface area contributed by atoms with E-state index in [1.807, 2.05) is 6.92 Å². The number of aliphatic hydroxyl groups is 1. The van der Waals surface area contributed by atoms with E-state index in [2.05, 4.69) is 15.3 Å². The van der Waals surface area contributed by atoms with Crippen LogP contribution in [-0.2, 0) is 0 Å². The molecule has 0 atom stereocenters. The summed E-state index contributed by atoms with van der Waals surface area (Å²) in [4.78, 5) is 8.08. The molecular weight excluding hydrogens is 250 g/mol. The average molecular weight is 270 g/mol. The Hall–Kier alpha value is -0.870. The highest BCUT2D eigenvalue weighted by molar-refractivity contribution is 6.30. The molecule has 1 aliphatic carbocycles. The van der Waals surface area contributed by atoms with Crippen LogP contribution in [-0.4, -0.2) is 27.2 Å². The summed E-state index contributed by atoms with van der Waals surface area (Å²) in [5.41, 5.74) is 0.219. The lowest BCUT2D eigenvalue weighted by Gasteiger charge is -2.27. The second-order valence-electron chi connectivity index (χ2n) is 5.13. The summed E-state index contributed by atoms with van der Waals surface area (Å²) in [6, 6.07) is 0. The molecule has 5 heteroatoms. The molecule has 1 saturated carbocycles. The molecule has 0 spiro atoms. The Morgan fingerprint density at radius 2 is 1.94 bits per heavy atom. The fourth-order valence-corrected chi connectivity index (χ4v) is 2.55. The summed E-state index contributed by atoms with van der Waals surface area (Å²) in [5, 5.41) is 14.2. The first kappa shape index (κ1) is 13.6. The third kappa shape index (κ3) is 3.33. The van der Waals surface area contributed by atoms with Crippen LogP contribution < -0.4 is 5.32 Å². The van der Waals surface area contributed by atoms with Gasteiger partial charge in [-0.05, 0) is 19.8 Å². The Morgan fingerprint density at radius 1 is 1.28 bits per heavy atom. The minimum atomic E-state index is -0.611. The van der Waals surface area contributed by atoms with E-state index in [9.17, 15) is 5.11 Å². The fourth-order valence-electron chi connectivity index (χ4n) is 2.42. The molecule has 2 N–H and O–H groups in total. The highest BCUT2D eigenvalue weighted by Gasteiger charge is 2.27. The van der Waals surface area contributed by atoms with E-state index >= 15 is 0 Å². The summed E-state index contributed by atoms with van der Waals surface area (Å²) in [6.45, 7) is 2.41. The van der Waals surface area contributed by atoms with Crippen molar-refractivity contribution in [3.8, 4) is 0 Å². The molecule has 2 rings (SSSR count). The Morgan fingerprint density at radius 3 is 2.61 bits per heavy atom. The van der Waals surface area contributed by atoms with Gasteiger partial charge < -0.3 is 10.4 Å². The number of nitrogens with one attached hydrogen (secondary N) is 1. The Bertz CT molecular complexity index is 403. The first-order valence-corrected chi connectivity index (χ1v) is 6.92. The molecule has 0 amide bonds. The summed E-state index contributed by atoms with van der Waals surface area (Å²) in [5.74, 6) is 0.715. The molecule has 1 aromatic rings. The number of hydrogen-bond acceptors (Lipinski definition) is 4. The third-order valence-electron chi connectivity index (χ3n) is 3.64. The van der Waals surface area contributed by atoms with E-state index in [1.54, 1.807) is 0 Å². The monoisotopic (exact) mass is 269 g/mol. The molecule has 18 heavy (non-hydrogen) atoms. The van der Waals surface area contributed by atoms with E-state index in [1.165, 1.54) is 19.2 Å². The number of halogens is 1. The zero-order valence-electron chi connectivity index (χ0n) is 10.7. The first-order valence-electron chi connectivity index (χ1n) is 6.54. The number of anilines is 1. The van der Waals surface area contributed by atoms with Gasteiger partial charge in [0.2, 0.25) is 0 Å². The van der Waals surface area contributed by atoms with Gasteiger partial charge in [0.05, 0.1) is 5.60 Å². The Labute approximate surface area is 113 Å². The van der Waals surface area contributed by atoms with Crippen LogP contribution in [0.3, 0.4) is 0 Å². The van der Waals surface area contributed by atoms with Crippen molar-refractivity contribution in [2.45, 2.75) is 51.0 Å². The molecule has 100 valence electrons. The first-order chi connectivity index (χ1) is 8.61. The van der Waals surface area contributed by atoms with Crippen LogP contribution in [0.5, 0.6) is 0 Å². The van der Waals surface area contributed by atoms with Gasteiger partial charge in [-0.1, -0.05) is 37.3 Å². The second kappa shape index (κ2) is 5.85. The van der Waals surface area contributed by atoms with Crippen molar-refractivity contribution in [2.24, 2.45) is 0 Å². The van der Waals surface area contributed by atoms with E-state index in [-0.39, 0.29) is 0 Å². The van der Waals surface area contributed by atoms with Crippen LogP contribution in [0.1, 0.15) is 44.1 Å². The van der Waals surface area contributed by atoms with Gasteiger partial charge in [-0.15, -0.1) is 0 Å². The summed E-state index contributed by atoms with van der Waals surface area (Å²) >= 11 is 5.94. The molecule has 0 unspecified atom stereocenters. The van der Waals surface area contributed by atoms with Crippen molar-refractivity contribution < 1.29 is 5.11 Å². The zero-order chi connectivity index (χ0) is 13.0. The predicted molar refractivity (Wildman–Crippen MR) is 72.9 cm³/mol. The third-order valence-corrected chi connectivity index (χ3v) is 4.02. The van der Waals surface area contributed by atoms with E-state index < -0.39 is 5.60 Å². The molecule has 0 saturated heterocycles. The molecule has 4 nitrogen and oxygen atoms in total. The van der Waals surface area contributed by atoms with Crippen LogP contribution in [0.4, 0.5) is 5.82 Å². The maximum Gasteiger partial charge on any atom is 0.137 e. The quantitative estimate of drug-likeness (QED) is 0.654. The van der Waals surface area contributed by atoms with Gasteiger partial charge in [0.1, 0.15) is 17.3 Å². The standard InChI is InChI=1S/C13H20ClN3O/c1-10-11(14)16-9-17-12(10)15-8-13(18)6-4-2-3-5-7-13/h9,18H,2-8H2,1H3,(H,15,16,17). The van der Waals surface area contributed by atoms with Crippen LogP contribution in [0.2, 0.25) is 5.15 Å².